The fourth-order valence-electron chi connectivity index (χ4n) is 4.17. The van der Waals surface area contributed by atoms with Crippen LogP contribution >= 0.6 is 11.3 Å². The van der Waals surface area contributed by atoms with Crippen LogP contribution in [0.25, 0.3) is 21.5 Å². The zero-order valence-corrected chi connectivity index (χ0v) is 17.7. The molecule has 0 saturated carbocycles. The van der Waals surface area contributed by atoms with Crippen molar-refractivity contribution in [1.29, 1.82) is 0 Å². The Balaban J connectivity index is 1.57. The van der Waals surface area contributed by atoms with Gasteiger partial charge in [-0.15, -0.1) is 11.3 Å². The van der Waals surface area contributed by atoms with Gasteiger partial charge >= 0.3 is 5.69 Å². The van der Waals surface area contributed by atoms with Crippen molar-refractivity contribution in [3.05, 3.63) is 66.9 Å². The molecule has 5 rings (SSSR count). The Kier molecular flexibility index (Phi) is 4.32. The Morgan fingerprint density at radius 3 is 2.80 bits per heavy atom. The van der Waals surface area contributed by atoms with Gasteiger partial charge in [0.25, 0.3) is 5.56 Å². The molecule has 0 amide bonds. The molecule has 4 aromatic rings. The van der Waals surface area contributed by atoms with Crippen molar-refractivity contribution in [3.63, 3.8) is 0 Å². The Morgan fingerprint density at radius 2 is 2.00 bits per heavy atom. The molecular weight excluding hydrogens is 400 g/mol. The number of ether oxygens (including phenoxy) is 1. The number of aryl methyl sites for hydroxylation is 3. The van der Waals surface area contributed by atoms with Gasteiger partial charge in [0, 0.05) is 23.1 Å². The van der Waals surface area contributed by atoms with Gasteiger partial charge < -0.3 is 4.74 Å². The molecule has 1 N–H and O–H groups in total. The average molecular weight is 420 g/mol. The Hall–Kier alpha value is -3.26. The summed E-state index contributed by atoms with van der Waals surface area (Å²) in [6, 6.07) is 5.62. The largest absolute Gasteiger partial charge is 0.438 e. The molecule has 1 aliphatic carbocycles. The first-order valence-electron chi connectivity index (χ1n) is 9.78. The summed E-state index contributed by atoms with van der Waals surface area (Å²) in [7, 11) is 1.65. The highest BCUT2D eigenvalue weighted by Crippen LogP contribution is 2.41. The summed E-state index contributed by atoms with van der Waals surface area (Å²) in [5, 5.41) is 1.02. The van der Waals surface area contributed by atoms with Crippen LogP contribution < -0.4 is 16.0 Å². The van der Waals surface area contributed by atoms with Crippen LogP contribution in [-0.4, -0.2) is 19.5 Å². The highest BCUT2D eigenvalue weighted by atomic mass is 32.1. The molecule has 30 heavy (non-hydrogen) atoms. The zero-order valence-electron chi connectivity index (χ0n) is 16.9. The van der Waals surface area contributed by atoms with Gasteiger partial charge in [-0.1, -0.05) is 0 Å². The summed E-state index contributed by atoms with van der Waals surface area (Å²) >= 11 is 1.72. The number of nitrogens with one attached hydrogen (secondary N) is 1. The number of hydrogen-bond donors (Lipinski definition) is 1. The summed E-state index contributed by atoms with van der Waals surface area (Å²) in [6.07, 6.45) is 4.83. The molecule has 1 aromatic carbocycles. The molecule has 0 fully saturated rings. The fourth-order valence-corrected chi connectivity index (χ4v) is 5.39. The normalized spacial score (nSPS) is 13.0. The van der Waals surface area contributed by atoms with Crippen molar-refractivity contribution in [2.24, 2.45) is 7.05 Å². The summed E-state index contributed by atoms with van der Waals surface area (Å²) < 4.78 is 7.63. The number of aromatic nitrogens is 4. The predicted molar refractivity (Wildman–Crippen MR) is 117 cm³/mol. The minimum absolute atomic E-state index is 0.373. The molecule has 0 unspecified atom stereocenters. The molecule has 0 atom stereocenters. The van der Waals surface area contributed by atoms with Crippen LogP contribution in [0.2, 0.25) is 0 Å². The Morgan fingerprint density at radius 1 is 1.17 bits per heavy atom. The van der Waals surface area contributed by atoms with E-state index < -0.39 is 5.69 Å². The van der Waals surface area contributed by atoms with Gasteiger partial charge in [0.05, 0.1) is 11.1 Å². The lowest BCUT2D eigenvalue weighted by molar-refractivity contribution is 0.467. The first-order chi connectivity index (χ1) is 14.4. The van der Waals surface area contributed by atoms with E-state index in [0.29, 0.717) is 22.9 Å². The second kappa shape index (κ2) is 6.91. The molecule has 0 aliphatic heterocycles. The van der Waals surface area contributed by atoms with E-state index >= 15 is 0 Å². The topological polar surface area (TPSA) is 89.9 Å². The van der Waals surface area contributed by atoms with Gasteiger partial charge in [0.2, 0.25) is 5.88 Å². The lowest BCUT2D eigenvalue weighted by atomic mass is 10.0. The number of thiophene rings is 1. The van der Waals surface area contributed by atoms with Crippen molar-refractivity contribution in [1.82, 2.24) is 19.5 Å². The second-order valence-corrected chi connectivity index (χ2v) is 8.67. The van der Waals surface area contributed by atoms with Crippen molar-refractivity contribution < 1.29 is 4.74 Å². The lowest BCUT2D eigenvalue weighted by Crippen LogP contribution is -2.31. The third-order valence-corrected chi connectivity index (χ3v) is 6.89. The lowest BCUT2D eigenvalue weighted by Gasteiger charge is -2.14. The monoisotopic (exact) mass is 420 g/mol. The number of rotatable bonds is 3. The molecule has 0 radical (unpaired) electrons. The van der Waals surface area contributed by atoms with Crippen LogP contribution in [0.4, 0.5) is 0 Å². The van der Waals surface area contributed by atoms with Gasteiger partial charge in [-0.25, -0.2) is 14.8 Å². The van der Waals surface area contributed by atoms with Crippen molar-refractivity contribution in [2.75, 3.05) is 0 Å². The van der Waals surface area contributed by atoms with E-state index in [4.69, 9.17) is 4.74 Å². The van der Waals surface area contributed by atoms with Crippen molar-refractivity contribution in [2.45, 2.75) is 33.1 Å². The Labute approximate surface area is 176 Å². The number of nitrogens with zero attached hydrogens (tertiary/aromatic N) is 3. The van der Waals surface area contributed by atoms with Crippen molar-refractivity contribution >= 4 is 21.6 Å². The van der Waals surface area contributed by atoms with Crippen molar-refractivity contribution in [3.8, 4) is 22.9 Å². The number of fused-ring (bicyclic) bond motifs is 3. The van der Waals surface area contributed by atoms with Crippen LogP contribution in [0.5, 0.6) is 11.6 Å². The minimum Gasteiger partial charge on any atom is -0.438 e. The number of H-pyrrole nitrogens is 1. The average Bonchev–Trinajstić information content (AvgIpc) is 3.29. The molecule has 152 valence electrons. The smallest absolute Gasteiger partial charge is 0.328 e. The maximum Gasteiger partial charge on any atom is 0.328 e. The number of hydrogen-bond acceptors (Lipinski definition) is 6. The Bertz CT molecular complexity index is 1400. The highest BCUT2D eigenvalue weighted by Gasteiger charge is 2.22. The SMILES string of the molecule is Cc1cc(Oc2ncnc3sc4c(c23)CCC4)ccc1-c1c(C)c(=O)[nH]c(=O)n1C. The van der Waals surface area contributed by atoms with Gasteiger partial charge in [-0.3, -0.25) is 14.3 Å². The zero-order chi connectivity index (χ0) is 21.0. The van der Waals surface area contributed by atoms with Crippen LogP contribution in [0.15, 0.2) is 34.1 Å². The maximum atomic E-state index is 12.1. The fraction of sp³-hybridized carbons (Fsp3) is 0.273. The molecule has 7 nitrogen and oxygen atoms in total. The maximum absolute atomic E-state index is 12.1. The summed E-state index contributed by atoms with van der Waals surface area (Å²) in [5.41, 5.74) is 3.32. The van der Waals surface area contributed by atoms with Gasteiger partial charge in [0.15, 0.2) is 0 Å². The summed E-state index contributed by atoms with van der Waals surface area (Å²) in [6.45, 7) is 3.65. The first-order valence-corrected chi connectivity index (χ1v) is 10.6. The van der Waals surface area contributed by atoms with E-state index in [1.165, 1.54) is 15.0 Å². The number of aromatic amines is 1. The van der Waals surface area contributed by atoms with Crippen LogP contribution in [0, 0.1) is 13.8 Å². The van der Waals surface area contributed by atoms with E-state index in [0.717, 1.165) is 40.6 Å². The molecule has 1 aliphatic rings. The van der Waals surface area contributed by atoms with E-state index in [-0.39, 0.29) is 5.56 Å². The minimum atomic E-state index is -0.435. The highest BCUT2D eigenvalue weighted by molar-refractivity contribution is 7.18. The van der Waals surface area contributed by atoms with Gasteiger partial charge in [-0.2, -0.15) is 0 Å². The molecule has 0 bridgehead atoms. The molecule has 0 spiro atoms. The van der Waals surface area contributed by atoms with Gasteiger partial charge in [0.1, 0.15) is 16.9 Å². The third-order valence-electron chi connectivity index (χ3n) is 5.69. The third kappa shape index (κ3) is 2.87. The first kappa shape index (κ1) is 18.7. The molecule has 3 heterocycles. The summed E-state index contributed by atoms with van der Waals surface area (Å²) in [5.74, 6) is 1.23. The van der Waals surface area contributed by atoms with E-state index in [1.54, 1.807) is 31.6 Å². The molecule has 0 saturated heterocycles. The molecule has 8 heteroatoms. The molecular formula is C22H20N4O3S. The predicted octanol–water partition coefficient (Wildman–Crippen LogP) is 3.64. The standard InChI is InChI=1S/C22H20N4O3S/c1-11-9-13(7-8-14(11)18-12(2)19(27)25-22(28)26(18)3)29-20-17-15-5-4-6-16(15)30-21(17)24-10-23-20/h7-10H,4-6H2,1-3H3,(H,25,27,28). The van der Waals surface area contributed by atoms with Gasteiger partial charge in [-0.05, 0) is 62.4 Å². The van der Waals surface area contributed by atoms with E-state index in [1.807, 2.05) is 25.1 Å². The number of benzene rings is 1. The molecule has 3 aromatic heterocycles. The van der Waals surface area contributed by atoms with Crippen LogP contribution in [-0.2, 0) is 19.9 Å². The summed E-state index contributed by atoms with van der Waals surface area (Å²) in [4.78, 5) is 37.6. The second-order valence-electron chi connectivity index (χ2n) is 7.59. The van der Waals surface area contributed by atoms with E-state index in [2.05, 4.69) is 15.0 Å². The van der Waals surface area contributed by atoms with Crippen LogP contribution in [0.3, 0.4) is 0 Å². The van der Waals surface area contributed by atoms with E-state index in [9.17, 15) is 9.59 Å². The van der Waals surface area contributed by atoms with Crippen LogP contribution in [0.1, 0.15) is 28.0 Å². The quantitative estimate of drug-likeness (QED) is 0.546.